The maximum atomic E-state index is 5.47. The van der Waals surface area contributed by atoms with Crippen LogP contribution in [0.25, 0.3) is 0 Å². The summed E-state index contributed by atoms with van der Waals surface area (Å²) >= 11 is 0. The molecule has 0 unspecified atom stereocenters. The lowest BCUT2D eigenvalue weighted by Gasteiger charge is -2.30. The molecule has 5 heteroatoms. The van der Waals surface area contributed by atoms with Crippen molar-refractivity contribution in [2.45, 2.75) is 13.0 Å². The van der Waals surface area contributed by atoms with Gasteiger partial charge in [0.15, 0.2) is 0 Å². The molecule has 0 saturated heterocycles. The number of nitrogens with one attached hydrogen (secondary N) is 1. The molecule has 0 amide bonds. The first-order valence-electron chi connectivity index (χ1n) is 6.95. The van der Waals surface area contributed by atoms with Crippen molar-refractivity contribution in [2.75, 3.05) is 29.9 Å². The van der Waals surface area contributed by atoms with Crippen LogP contribution in [0, 0.1) is 0 Å². The van der Waals surface area contributed by atoms with Crippen LogP contribution in [-0.2, 0) is 13.0 Å². The Kier molecular flexibility index (Phi) is 3.78. The van der Waals surface area contributed by atoms with E-state index in [4.69, 9.17) is 5.73 Å². The van der Waals surface area contributed by atoms with Crippen molar-refractivity contribution in [3.8, 4) is 0 Å². The van der Waals surface area contributed by atoms with Crippen molar-refractivity contribution < 1.29 is 0 Å². The van der Waals surface area contributed by atoms with E-state index in [2.05, 4.69) is 44.5 Å². The van der Waals surface area contributed by atoms with Crippen LogP contribution in [-0.4, -0.2) is 29.6 Å². The normalized spacial score (nSPS) is 13.9. The number of nitrogens with two attached hydrogens (primary N) is 1. The summed E-state index contributed by atoms with van der Waals surface area (Å²) in [4.78, 5) is 11.3. The lowest BCUT2D eigenvalue weighted by Crippen LogP contribution is -2.31. The molecule has 0 atom stereocenters. The van der Waals surface area contributed by atoms with Gasteiger partial charge in [0.2, 0.25) is 5.95 Å². The smallest absolute Gasteiger partial charge is 0.222 e. The van der Waals surface area contributed by atoms with Crippen molar-refractivity contribution >= 4 is 11.6 Å². The van der Waals surface area contributed by atoms with Gasteiger partial charge >= 0.3 is 0 Å². The standard InChI is InChI=1S/C15H19N5/c16-7-8-17-15-18-10-12-11-20(9-6-14(12)19-15)13-4-2-1-3-5-13/h1-5,10H,6-9,11,16H2,(H,17,18,19). The molecular weight excluding hydrogens is 250 g/mol. The highest BCUT2D eigenvalue weighted by Gasteiger charge is 2.18. The molecule has 104 valence electrons. The summed E-state index contributed by atoms with van der Waals surface area (Å²) in [5, 5.41) is 3.13. The van der Waals surface area contributed by atoms with E-state index >= 15 is 0 Å². The Hall–Kier alpha value is -2.14. The van der Waals surface area contributed by atoms with E-state index < -0.39 is 0 Å². The van der Waals surface area contributed by atoms with Crippen molar-refractivity contribution in [2.24, 2.45) is 5.73 Å². The van der Waals surface area contributed by atoms with Crippen LogP contribution in [0.2, 0.25) is 0 Å². The first-order chi connectivity index (χ1) is 9.86. The maximum absolute atomic E-state index is 5.47. The number of fused-ring (bicyclic) bond motifs is 1. The minimum atomic E-state index is 0.586. The van der Waals surface area contributed by atoms with Crippen molar-refractivity contribution in [1.82, 2.24) is 9.97 Å². The van der Waals surface area contributed by atoms with Gasteiger partial charge < -0.3 is 16.0 Å². The van der Waals surface area contributed by atoms with Gasteiger partial charge in [-0.1, -0.05) is 18.2 Å². The molecule has 0 bridgehead atoms. The fourth-order valence-electron chi connectivity index (χ4n) is 2.44. The molecule has 3 rings (SSSR count). The summed E-state index contributed by atoms with van der Waals surface area (Å²) in [6.45, 7) is 3.15. The Bertz CT molecular complexity index is 570. The van der Waals surface area contributed by atoms with E-state index in [9.17, 15) is 0 Å². The molecule has 1 aromatic heterocycles. The monoisotopic (exact) mass is 269 g/mol. The summed E-state index contributed by atoms with van der Waals surface area (Å²) in [6, 6.07) is 10.5. The lowest BCUT2D eigenvalue weighted by atomic mass is 10.1. The van der Waals surface area contributed by atoms with E-state index in [-0.39, 0.29) is 0 Å². The molecule has 0 saturated carbocycles. The molecule has 1 aliphatic rings. The maximum Gasteiger partial charge on any atom is 0.222 e. The highest BCUT2D eigenvalue weighted by molar-refractivity contribution is 5.48. The molecule has 2 heterocycles. The van der Waals surface area contributed by atoms with E-state index in [1.807, 2.05) is 12.3 Å². The van der Waals surface area contributed by atoms with Gasteiger partial charge in [-0.05, 0) is 12.1 Å². The highest BCUT2D eigenvalue weighted by atomic mass is 15.2. The average Bonchev–Trinajstić information content (AvgIpc) is 2.53. The molecule has 0 radical (unpaired) electrons. The number of para-hydroxylation sites is 1. The Morgan fingerprint density at radius 1 is 1.25 bits per heavy atom. The zero-order valence-corrected chi connectivity index (χ0v) is 11.4. The zero-order chi connectivity index (χ0) is 13.8. The summed E-state index contributed by atoms with van der Waals surface area (Å²) in [5.74, 6) is 0.683. The zero-order valence-electron chi connectivity index (χ0n) is 11.4. The molecule has 1 aromatic carbocycles. The number of hydrogen-bond acceptors (Lipinski definition) is 5. The average molecular weight is 269 g/mol. The summed E-state index contributed by atoms with van der Waals surface area (Å²) in [7, 11) is 0. The first-order valence-corrected chi connectivity index (χ1v) is 6.95. The van der Waals surface area contributed by atoms with Crippen LogP contribution in [0.1, 0.15) is 11.3 Å². The van der Waals surface area contributed by atoms with Crippen LogP contribution in [0.15, 0.2) is 36.5 Å². The second-order valence-corrected chi connectivity index (χ2v) is 4.89. The van der Waals surface area contributed by atoms with Crippen LogP contribution in [0.4, 0.5) is 11.6 Å². The predicted octanol–water partition coefficient (Wildman–Crippen LogP) is 1.41. The van der Waals surface area contributed by atoms with Crippen LogP contribution < -0.4 is 16.0 Å². The van der Waals surface area contributed by atoms with Crippen LogP contribution >= 0.6 is 0 Å². The van der Waals surface area contributed by atoms with Gasteiger partial charge in [-0.15, -0.1) is 0 Å². The summed E-state index contributed by atoms with van der Waals surface area (Å²) in [6.07, 6.45) is 2.88. The summed E-state index contributed by atoms with van der Waals surface area (Å²) in [5.41, 5.74) is 9.08. The first kappa shape index (κ1) is 12.9. The minimum absolute atomic E-state index is 0.586. The third-order valence-electron chi connectivity index (χ3n) is 3.48. The Labute approximate surface area is 118 Å². The van der Waals surface area contributed by atoms with E-state index in [0.29, 0.717) is 19.0 Å². The van der Waals surface area contributed by atoms with Gasteiger partial charge in [-0.3, -0.25) is 0 Å². The molecule has 5 nitrogen and oxygen atoms in total. The van der Waals surface area contributed by atoms with Gasteiger partial charge in [0.25, 0.3) is 0 Å². The van der Waals surface area contributed by atoms with Crippen LogP contribution in [0.5, 0.6) is 0 Å². The van der Waals surface area contributed by atoms with Crippen LogP contribution in [0.3, 0.4) is 0 Å². The Morgan fingerprint density at radius 3 is 2.90 bits per heavy atom. The van der Waals surface area contributed by atoms with Crippen molar-refractivity contribution in [3.05, 3.63) is 47.8 Å². The van der Waals surface area contributed by atoms with Crippen molar-refractivity contribution in [3.63, 3.8) is 0 Å². The number of aromatic nitrogens is 2. The predicted molar refractivity (Wildman–Crippen MR) is 80.8 cm³/mol. The second kappa shape index (κ2) is 5.88. The largest absolute Gasteiger partial charge is 0.367 e. The lowest BCUT2D eigenvalue weighted by molar-refractivity contribution is 0.706. The van der Waals surface area contributed by atoms with Gasteiger partial charge in [-0.2, -0.15) is 0 Å². The number of hydrogen-bond donors (Lipinski definition) is 2. The molecule has 0 spiro atoms. The van der Waals surface area contributed by atoms with Gasteiger partial charge in [0, 0.05) is 50.0 Å². The molecule has 0 fully saturated rings. The quantitative estimate of drug-likeness (QED) is 0.878. The number of nitrogens with zero attached hydrogens (tertiary/aromatic N) is 3. The molecule has 1 aliphatic heterocycles. The van der Waals surface area contributed by atoms with Gasteiger partial charge in [0.05, 0.1) is 5.69 Å². The van der Waals surface area contributed by atoms with E-state index in [0.717, 1.165) is 25.2 Å². The van der Waals surface area contributed by atoms with E-state index in [1.165, 1.54) is 11.3 Å². The SMILES string of the molecule is NCCNc1ncc2c(n1)CCN(c1ccccc1)C2. The Balaban J connectivity index is 1.75. The Morgan fingerprint density at radius 2 is 2.10 bits per heavy atom. The molecule has 2 aromatic rings. The number of benzene rings is 1. The third kappa shape index (κ3) is 2.72. The molecular formula is C15H19N5. The van der Waals surface area contributed by atoms with Gasteiger partial charge in [0.1, 0.15) is 0 Å². The molecule has 3 N–H and O–H groups in total. The minimum Gasteiger partial charge on any atom is -0.367 e. The van der Waals surface area contributed by atoms with Crippen molar-refractivity contribution in [1.29, 1.82) is 0 Å². The molecule has 20 heavy (non-hydrogen) atoms. The van der Waals surface area contributed by atoms with Gasteiger partial charge in [-0.25, -0.2) is 9.97 Å². The summed E-state index contributed by atoms with van der Waals surface area (Å²) < 4.78 is 0. The fraction of sp³-hybridized carbons (Fsp3) is 0.333. The second-order valence-electron chi connectivity index (χ2n) is 4.89. The molecule has 0 aliphatic carbocycles. The van der Waals surface area contributed by atoms with E-state index in [1.54, 1.807) is 0 Å². The number of rotatable bonds is 4. The highest BCUT2D eigenvalue weighted by Crippen LogP contribution is 2.23. The fourth-order valence-corrected chi connectivity index (χ4v) is 2.44. The number of anilines is 2. The topological polar surface area (TPSA) is 67.1 Å². The third-order valence-corrected chi connectivity index (χ3v) is 3.48.